The maximum absolute atomic E-state index is 10.2. The van der Waals surface area contributed by atoms with E-state index in [4.69, 9.17) is 5.11 Å². The summed E-state index contributed by atoms with van der Waals surface area (Å²) in [7, 11) is 0. The van der Waals surface area contributed by atoms with Crippen molar-refractivity contribution < 1.29 is 9.90 Å². The molecule has 0 unspecified atom stereocenters. The van der Waals surface area contributed by atoms with Crippen LogP contribution in [0, 0.1) is 0 Å². The molecular formula is C10H10N2O2. The molecule has 14 heavy (non-hydrogen) atoms. The quantitative estimate of drug-likeness (QED) is 0.720. The third-order valence-electron chi connectivity index (χ3n) is 1.42. The normalized spacial score (nSPS) is 8.57. The second-order valence-electron chi connectivity index (χ2n) is 2.43. The van der Waals surface area contributed by atoms with Crippen molar-refractivity contribution in [2.45, 2.75) is 0 Å². The van der Waals surface area contributed by atoms with E-state index in [2.05, 4.69) is 9.97 Å². The fraction of sp³-hybridized carbons (Fsp3) is 0. The summed E-state index contributed by atoms with van der Waals surface area (Å²) in [6.07, 6.45) is 6.65. The smallest absolute Gasteiger partial charge is 0.335 e. The third kappa shape index (κ3) is 3.53. The first-order valence-electron chi connectivity index (χ1n) is 4.02. The first kappa shape index (κ1) is 9.98. The van der Waals surface area contributed by atoms with Crippen LogP contribution in [0.25, 0.3) is 0 Å². The summed E-state index contributed by atoms with van der Waals surface area (Å²) in [5, 5.41) is 8.36. The van der Waals surface area contributed by atoms with Gasteiger partial charge in [0.25, 0.3) is 0 Å². The lowest BCUT2D eigenvalue weighted by Crippen LogP contribution is -1.94. The lowest BCUT2D eigenvalue weighted by molar-refractivity contribution is 0.0697. The van der Waals surface area contributed by atoms with Crippen LogP contribution < -0.4 is 0 Å². The standard InChI is InChI=1S/C6H5NO2.C4H5N/c8-6(9)5-1-3-7-4-2-5;1-2-4-5-3-1/h1-4H,(H,8,9);1-5H. The fourth-order valence-corrected chi connectivity index (χ4v) is 0.772. The first-order valence-corrected chi connectivity index (χ1v) is 4.02. The molecule has 72 valence electrons. The van der Waals surface area contributed by atoms with Gasteiger partial charge in [0.15, 0.2) is 0 Å². The highest BCUT2D eigenvalue weighted by atomic mass is 16.4. The minimum Gasteiger partial charge on any atom is -0.478 e. The Bertz CT molecular complexity index is 340. The van der Waals surface area contributed by atoms with Crippen LogP contribution in [-0.2, 0) is 0 Å². The molecule has 0 aromatic carbocycles. The Morgan fingerprint density at radius 2 is 1.79 bits per heavy atom. The topological polar surface area (TPSA) is 66.0 Å². The van der Waals surface area contributed by atoms with Gasteiger partial charge in [-0.1, -0.05) is 0 Å². The van der Waals surface area contributed by atoms with Crippen LogP contribution in [0.15, 0.2) is 49.1 Å². The molecule has 0 aliphatic carbocycles. The highest BCUT2D eigenvalue weighted by Crippen LogP contribution is 1.93. The van der Waals surface area contributed by atoms with Gasteiger partial charge in [0.05, 0.1) is 5.56 Å². The Hall–Kier alpha value is -2.10. The van der Waals surface area contributed by atoms with Crippen molar-refractivity contribution in [3.63, 3.8) is 0 Å². The van der Waals surface area contributed by atoms with Crippen LogP contribution in [0.3, 0.4) is 0 Å². The molecule has 0 fully saturated rings. The molecule has 0 aliphatic rings. The molecule has 0 bridgehead atoms. The van der Waals surface area contributed by atoms with Crippen molar-refractivity contribution in [2.75, 3.05) is 0 Å². The Balaban J connectivity index is 0.000000165. The second kappa shape index (κ2) is 5.53. The van der Waals surface area contributed by atoms with Gasteiger partial charge >= 0.3 is 5.97 Å². The molecule has 4 heteroatoms. The maximum atomic E-state index is 10.2. The number of hydrogen-bond donors (Lipinski definition) is 2. The Morgan fingerprint density at radius 3 is 2.07 bits per heavy atom. The number of H-pyrrole nitrogens is 1. The van der Waals surface area contributed by atoms with Gasteiger partial charge in [0.1, 0.15) is 0 Å². The van der Waals surface area contributed by atoms with Crippen LogP contribution in [0.1, 0.15) is 10.4 Å². The summed E-state index contributed by atoms with van der Waals surface area (Å²) in [6, 6.07) is 6.78. The van der Waals surface area contributed by atoms with Crippen molar-refractivity contribution in [3.05, 3.63) is 54.6 Å². The van der Waals surface area contributed by atoms with Crippen molar-refractivity contribution >= 4 is 5.97 Å². The number of hydrogen-bond acceptors (Lipinski definition) is 2. The molecule has 4 nitrogen and oxygen atoms in total. The molecule has 0 saturated heterocycles. The van der Waals surface area contributed by atoms with Crippen LogP contribution >= 0.6 is 0 Å². The molecule has 0 aliphatic heterocycles. The molecule has 2 aromatic heterocycles. The second-order valence-corrected chi connectivity index (χ2v) is 2.43. The lowest BCUT2D eigenvalue weighted by atomic mass is 10.3. The summed E-state index contributed by atoms with van der Waals surface area (Å²) in [5.74, 6) is -0.919. The predicted molar refractivity (Wildman–Crippen MR) is 52.0 cm³/mol. The minimum absolute atomic E-state index is 0.269. The Kier molecular flexibility index (Phi) is 3.94. The van der Waals surface area contributed by atoms with Gasteiger partial charge in [-0.2, -0.15) is 0 Å². The molecule has 0 amide bonds. The predicted octanol–water partition coefficient (Wildman–Crippen LogP) is 1.79. The summed E-state index contributed by atoms with van der Waals surface area (Å²) in [6.45, 7) is 0. The number of carboxylic acid groups (broad SMARTS) is 1. The Labute approximate surface area is 81.2 Å². The number of aromatic nitrogens is 2. The van der Waals surface area contributed by atoms with Crippen LogP contribution in [0.4, 0.5) is 0 Å². The number of nitrogens with one attached hydrogen (secondary N) is 1. The van der Waals surface area contributed by atoms with Crippen molar-refractivity contribution in [1.29, 1.82) is 0 Å². The summed E-state index contributed by atoms with van der Waals surface area (Å²) < 4.78 is 0. The van der Waals surface area contributed by atoms with Crippen molar-refractivity contribution in [2.24, 2.45) is 0 Å². The average molecular weight is 190 g/mol. The van der Waals surface area contributed by atoms with Crippen LogP contribution in [-0.4, -0.2) is 21.0 Å². The van der Waals surface area contributed by atoms with Crippen molar-refractivity contribution in [1.82, 2.24) is 9.97 Å². The van der Waals surface area contributed by atoms with Gasteiger partial charge in [-0.05, 0) is 24.3 Å². The number of pyridine rings is 1. The van der Waals surface area contributed by atoms with Crippen LogP contribution in [0.5, 0.6) is 0 Å². The van der Waals surface area contributed by atoms with Gasteiger partial charge in [0.2, 0.25) is 0 Å². The number of aromatic amines is 1. The molecular weight excluding hydrogens is 180 g/mol. The van der Waals surface area contributed by atoms with Gasteiger partial charge in [-0.3, -0.25) is 4.98 Å². The summed E-state index contributed by atoms with van der Waals surface area (Å²) in [5.41, 5.74) is 0.269. The van der Waals surface area contributed by atoms with E-state index in [1.54, 1.807) is 0 Å². The monoisotopic (exact) mass is 190 g/mol. The maximum Gasteiger partial charge on any atom is 0.335 e. The molecule has 0 spiro atoms. The van der Waals surface area contributed by atoms with Crippen molar-refractivity contribution in [3.8, 4) is 0 Å². The molecule has 2 N–H and O–H groups in total. The summed E-state index contributed by atoms with van der Waals surface area (Å²) in [4.78, 5) is 16.7. The molecule has 0 saturated carbocycles. The third-order valence-corrected chi connectivity index (χ3v) is 1.42. The number of nitrogens with zero attached hydrogens (tertiary/aromatic N) is 1. The number of aromatic carboxylic acids is 1. The number of carbonyl (C=O) groups is 1. The summed E-state index contributed by atoms with van der Waals surface area (Å²) >= 11 is 0. The highest BCUT2D eigenvalue weighted by Gasteiger charge is 1.97. The van der Waals surface area contributed by atoms with E-state index >= 15 is 0 Å². The first-order chi connectivity index (χ1) is 6.80. The number of rotatable bonds is 1. The number of carboxylic acids is 1. The van der Waals surface area contributed by atoms with E-state index < -0.39 is 5.97 Å². The van der Waals surface area contributed by atoms with Gasteiger partial charge in [-0.25, -0.2) is 4.79 Å². The van der Waals surface area contributed by atoms with Gasteiger partial charge in [0, 0.05) is 24.8 Å². The van der Waals surface area contributed by atoms with Gasteiger partial charge in [-0.15, -0.1) is 0 Å². The van der Waals surface area contributed by atoms with E-state index in [-0.39, 0.29) is 5.56 Å². The van der Waals surface area contributed by atoms with E-state index in [0.717, 1.165) is 0 Å². The Morgan fingerprint density at radius 1 is 1.21 bits per heavy atom. The zero-order valence-corrected chi connectivity index (χ0v) is 7.42. The van der Waals surface area contributed by atoms with E-state index in [0.29, 0.717) is 0 Å². The van der Waals surface area contributed by atoms with Gasteiger partial charge < -0.3 is 10.1 Å². The molecule has 2 rings (SSSR count). The molecule has 2 heterocycles. The lowest BCUT2D eigenvalue weighted by Gasteiger charge is -1.87. The average Bonchev–Trinajstić information content (AvgIpc) is 2.77. The zero-order valence-electron chi connectivity index (χ0n) is 7.42. The molecule has 0 radical (unpaired) electrons. The van der Waals surface area contributed by atoms with E-state index in [1.807, 2.05) is 24.5 Å². The van der Waals surface area contributed by atoms with E-state index in [9.17, 15) is 4.79 Å². The zero-order chi connectivity index (χ0) is 10.2. The molecule has 2 aromatic rings. The largest absolute Gasteiger partial charge is 0.478 e. The highest BCUT2D eigenvalue weighted by molar-refractivity contribution is 5.87. The van der Waals surface area contributed by atoms with Crippen LogP contribution in [0.2, 0.25) is 0 Å². The molecule has 0 atom stereocenters. The minimum atomic E-state index is -0.919. The van der Waals surface area contributed by atoms with E-state index in [1.165, 1.54) is 24.5 Å². The SMILES string of the molecule is O=C(O)c1ccncc1.c1cc[nH]c1. The fourth-order valence-electron chi connectivity index (χ4n) is 0.772.